The van der Waals surface area contributed by atoms with Crippen molar-refractivity contribution in [2.24, 2.45) is 7.05 Å². The Labute approximate surface area is 198 Å². The molecule has 0 saturated heterocycles. The number of hydrogen-bond donors (Lipinski definition) is 2. The lowest BCUT2D eigenvalue weighted by molar-refractivity contribution is 0.0899. The van der Waals surface area contributed by atoms with E-state index in [1.165, 1.54) is 0 Å². The molecule has 3 aromatic rings. The van der Waals surface area contributed by atoms with Gasteiger partial charge in [-0.25, -0.2) is 14.6 Å². The van der Waals surface area contributed by atoms with Crippen molar-refractivity contribution in [1.29, 1.82) is 0 Å². The van der Waals surface area contributed by atoms with Gasteiger partial charge in [-0.3, -0.25) is 0 Å². The minimum atomic E-state index is -1.22. The van der Waals surface area contributed by atoms with Gasteiger partial charge in [-0.15, -0.1) is 5.10 Å². The molecule has 182 valence electrons. The van der Waals surface area contributed by atoms with Crippen molar-refractivity contribution in [2.45, 2.75) is 57.7 Å². The first-order valence-corrected chi connectivity index (χ1v) is 15.1. The Bertz CT molecular complexity index is 1280. The molecule has 1 unspecified atom stereocenters. The molecule has 4 rings (SSSR count). The van der Waals surface area contributed by atoms with Crippen LogP contribution in [0.25, 0.3) is 28.1 Å². The number of fused-ring (bicyclic) bond motifs is 1. The van der Waals surface area contributed by atoms with Crippen LogP contribution in [0.4, 0.5) is 4.79 Å². The van der Waals surface area contributed by atoms with E-state index < -0.39 is 19.9 Å². The lowest BCUT2D eigenvalue weighted by Crippen LogP contribution is -2.34. The van der Waals surface area contributed by atoms with Crippen LogP contribution in [0.15, 0.2) is 33.7 Å². The fraction of sp³-hybridized carbons (Fsp3) is 0.478. The molecular formula is C23H31N5O5Si. The highest BCUT2D eigenvalue weighted by Gasteiger charge is 2.24. The van der Waals surface area contributed by atoms with Gasteiger partial charge in [0.1, 0.15) is 12.4 Å². The Morgan fingerprint density at radius 2 is 2.15 bits per heavy atom. The summed E-state index contributed by atoms with van der Waals surface area (Å²) in [5.41, 5.74) is 3.29. The van der Waals surface area contributed by atoms with Crippen molar-refractivity contribution in [3.8, 4) is 11.5 Å². The molecule has 1 aliphatic rings. The minimum Gasteiger partial charge on any atom is -0.465 e. The third kappa shape index (κ3) is 5.31. The highest BCUT2D eigenvalue weighted by Crippen LogP contribution is 2.37. The Kier molecular flexibility index (Phi) is 6.76. The van der Waals surface area contributed by atoms with E-state index in [2.05, 4.69) is 41.1 Å². The topological polar surface area (TPSA) is 124 Å². The van der Waals surface area contributed by atoms with Crippen LogP contribution in [0.3, 0.4) is 0 Å². The van der Waals surface area contributed by atoms with E-state index in [4.69, 9.17) is 14.3 Å². The van der Waals surface area contributed by atoms with Crippen LogP contribution in [0, 0.1) is 0 Å². The average Bonchev–Trinajstić information content (AvgIpc) is 3.30. The Hall–Kier alpha value is -3.18. The van der Waals surface area contributed by atoms with Gasteiger partial charge in [0.2, 0.25) is 0 Å². The first kappa shape index (κ1) is 24.0. The number of nitrogens with zero attached hydrogens (tertiary/aromatic N) is 4. The highest BCUT2D eigenvalue weighted by atomic mass is 28.3. The largest absolute Gasteiger partial charge is 0.465 e. The van der Waals surface area contributed by atoms with Crippen LogP contribution in [0.1, 0.15) is 24.8 Å². The van der Waals surface area contributed by atoms with E-state index in [1.54, 1.807) is 13.2 Å². The number of ether oxygens (including phenoxy) is 1. The van der Waals surface area contributed by atoms with Crippen LogP contribution in [-0.4, -0.2) is 51.3 Å². The van der Waals surface area contributed by atoms with Gasteiger partial charge in [-0.1, -0.05) is 25.7 Å². The van der Waals surface area contributed by atoms with Crippen LogP contribution in [0.2, 0.25) is 25.7 Å². The summed E-state index contributed by atoms with van der Waals surface area (Å²) in [5.74, 6) is -0.334. The first-order chi connectivity index (χ1) is 16.1. The molecular weight excluding hydrogens is 454 g/mol. The van der Waals surface area contributed by atoms with Crippen molar-refractivity contribution < 1.29 is 19.1 Å². The average molecular weight is 486 g/mol. The number of allylic oxidation sites excluding steroid dienone is 1. The Morgan fingerprint density at radius 3 is 2.82 bits per heavy atom. The normalized spacial score (nSPS) is 16.6. The van der Waals surface area contributed by atoms with Crippen molar-refractivity contribution in [2.75, 3.05) is 6.61 Å². The fourth-order valence-electron chi connectivity index (χ4n) is 4.17. The predicted octanol–water partition coefficient (Wildman–Crippen LogP) is 3.91. The first-order valence-electron chi connectivity index (χ1n) is 11.4. The number of aryl methyl sites for hydroxylation is 1. The number of pyridine rings is 1. The lowest BCUT2D eigenvalue weighted by Gasteiger charge is -2.23. The van der Waals surface area contributed by atoms with Crippen molar-refractivity contribution >= 4 is 30.8 Å². The van der Waals surface area contributed by atoms with Crippen LogP contribution in [-0.2, 0) is 18.5 Å². The number of hydrogen-bond acceptors (Lipinski definition) is 6. The zero-order valence-electron chi connectivity index (χ0n) is 20.0. The zero-order chi connectivity index (χ0) is 24.5. The molecule has 34 heavy (non-hydrogen) atoms. The quantitative estimate of drug-likeness (QED) is 0.366. The smallest absolute Gasteiger partial charge is 0.437 e. The molecule has 1 aliphatic carbocycles. The van der Waals surface area contributed by atoms with E-state index in [-0.39, 0.29) is 11.9 Å². The molecule has 10 nitrogen and oxygen atoms in total. The summed E-state index contributed by atoms with van der Waals surface area (Å²) in [6.07, 6.45) is 6.78. The van der Waals surface area contributed by atoms with Crippen LogP contribution >= 0.6 is 0 Å². The van der Waals surface area contributed by atoms with Crippen molar-refractivity contribution in [1.82, 2.24) is 24.6 Å². The van der Waals surface area contributed by atoms with Gasteiger partial charge < -0.3 is 24.1 Å². The third-order valence-corrected chi connectivity index (χ3v) is 7.65. The van der Waals surface area contributed by atoms with E-state index in [9.17, 15) is 9.59 Å². The minimum absolute atomic E-state index is 0.163. The summed E-state index contributed by atoms with van der Waals surface area (Å²) in [5, 5.41) is 16.8. The number of carbonyl (C=O) groups is 1. The van der Waals surface area contributed by atoms with E-state index in [0.717, 1.165) is 40.1 Å². The van der Waals surface area contributed by atoms with Gasteiger partial charge in [-0.2, -0.15) is 4.68 Å². The molecule has 0 saturated carbocycles. The Morgan fingerprint density at radius 1 is 1.35 bits per heavy atom. The zero-order valence-corrected chi connectivity index (χ0v) is 21.0. The molecule has 3 heterocycles. The van der Waals surface area contributed by atoms with Crippen LogP contribution in [0.5, 0.6) is 0 Å². The second-order valence-corrected chi connectivity index (χ2v) is 15.5. The summed E-state index contributed by atoms with van der Waals surface area (Å²) >= 11 is 0. The summed E-state index contributed by atoms with van der Waals surface area (Å²) in [6.45, 7) is 7.90. The van der Waals surface area contributed by atoms with Gasteiger partial charge in [0.15, 0.2) is 0 Å². The summed E-state index contributed by atoms with van der Waals surface area (Å²) in [7, 11) is 0.323. The molecule has 2 N–H and O–H groups in total. The molecule has 0 spiro atoms. The molecule has 0 bridgehead atoms. The lowest BCUT2D eigenvalue weighted by atomic mass is 9.88. The van der Waals surface area contributed by atoms with Crippen molar-refractivity contribution in [3.63, 3.8) is 0 Å². The van der Waals surface area contributed by atoms with Crippen LogP contribution < -0.4 is 11.1 Å². The summed E-state index contributed by atoms with van der Waals surface area (Å²) < 4.78 is 14.5. The molecule has 0 fully saturated rings. The number of nitrogens with one attached hydrogen (secondary N) is 1. The second-order valence-electron chi connectivity index (χ2n) is 9.87. The highest BCUT2D eigenvalue weighted by molar-refractivity contribution is 6.76. The standard InChI is InChI=1S/C23H31N5O5Si/c1-27-23(31)33-21(26-27)18-13-28(14-32-10-11-34(2,3)4)20-19(18)17(8-9-24-20)15-6-5-7-16(12-15)25-22(29)30/h6,8-9,13,16,25H,5,7,10-12,14H2,1-4H3,(H,29,30). The SMILES string of the molecule is Cn1nc(-c2cn(COCC[Si](C)(C)C)c3nccc(C4=CCCC(NC(=O)O)C4)c23)oc1=O. The molecule has 1 amide bonds. The van der Waals surface area contributed by atoms with Gasteiger partial charge in [-0.05, 0) is 42.5 Å². The van der Waals surface area contributed by atoms with Gasteiger partial charge >= 0.3 is 11.8 Å². The van der Waals surface area contributed by atoms with Crippen molar-refractivity contribution in [3.05, 3.63) is 40.7 Å². The molecule has 11 heteroatoms. The van der Waals surface area contributed by atoms with E-state index >= 15 is 0 Å². The Balaban J connectivity index is 1.75. The maximum Gasteiger partial charge on any atom is 0.437 e. The number of carboxylic acid groups (broad SMARTS) is 1. The number of rotatable bonds is 8. The number of amides is 1. The van der Waals surface area contributed by atoms with Gasteiger partial charge in [0, 0.05) is 45.6 Å². The maximum absolute atomic E-state index is 12.0. The molecule has 0 aromatic carbocycles. The molecule has 1 atom stereocenters. The molecule has 0 aliphatic heterocycles. The van der Waals surface area contributed by atoms with Gasteiger partial charge in [0.05, 0.1) is 5.56 Å². The predicted molar refractivity (Wildman–Crippen MR) is 131 cm³/mol. The second kappa shape index (κ2) is 9.59. The van der Waals surface area contributed by atoms with E-state index in [0.29, 0.717) is 31.0 Å². The maximum atomic E-state index is 12.0. The van der Waals surface area contributed by atoms with E-state index in [1.807, 2.05) is 16.8 Å². The number of aromatic nitrogens is 4. The summed E-state index contributed by atoms with van der Waals surface area (Å²) in [6, 6.07) is 2.81. The fourth-order valence-corrected chi connectivity index (χ4v) is 4.92. The molecule has 0 radical (unpaired) electrons. The van der Waals surface area contributed by atoms with Gasteiger partial charge in [0.25, 0.3) is 5.89 Å². The summed E-state index contributed by atoms with van der Waals surface area (Å²) in [4.78, 5) is 27.8. The molecule has 3 aromatic heterocycles. The third-order valence-electron chi connectivity index (χ3n) is 5.95. The monoisotopic (exact) mass is 485 g/mol.